The van der Waals surface area contributed by atoms with E-state index in [2.05, 4.69) is 34.4 Å². The van der Waals surface area contributed by atoms with Crippen LogP contribution in [-0.2, 0) is 13.2 Å². The van der Waals surface area contributed by atoms with Crippen LogP contribution in [0.1, 0.15) is 16.7 Å². The molecule has 0 spiro atoms. The Kier molecular flexibility index (Phi) is 5.24. The summed E-state index contributed by atoms with van der Waals surface area (Å²) in [6.45, 7) is 3.14. The lowest BCUT2D eigenvalue weighted by molar-refractivity contribution is 0.256. The largest absolute Gasteiger partial charge is 0.493 e. The molecule has 4 rings (SSSR count). The Balaban J connectivity index is 1.43. The van der Waals surface area contributed by atoms with Crippen molar-refractivity contribution in [1.29, 1.82) is 0 Å². The summed E-state index contributed by atoms with van der Waals surface area (Å²) in [6, 6.07) is 19.1. The van der Waals surface area contributed by atoms with Crippen LogP contribution in [0.25, 0.3) is 0 Å². The number of hydrogen-bond donors (Lipinski definition) is 1. The summed E-state index contributed by atoms with van der Waals surface area (Å²) >= 11 is 0. The van der Waals surface area contributed by atoms with Gasteiger partial charge in [-0.2, -0.15) is 9.98 Å². The van der Waals surface area contributed by atoms with E-state index in [-0.39, 0.29) is 0 Å². The van der Waals surface area contributed by atoms with Crippen molar-refractivity contribution in [2.24, 2.45) is 9.98 Å². The third kappa shape index (κ3) is 4.43. The molecule has 6 nitrogen and oxygen atoms in total. The Bertz CT molecular complexity index is 1190. The van der Waals surface area contributed by atoms with Crippen molar-refractivity contribution in [1.82, 2.24) is 0 Å². The first-order chi connectivity index (χ1) is 14.1. The normalized spacial score (nSPS) is 12.0. The standard InChI is InChI=1S/C23H21N3O3/c1-15-4-3-5-17(10-15)14-29-21-9-6-16(11-22(21)28-2)13-24-18-7-8-19-20(12-18)26-23(27)25-19/h3-12,24H,13-14H2,1-2H3. The van der Waals surface area contributed by atoms with Gasteiger partial charge in [-0.15, -0.1) is 0 Å². The van der Waals surface area contributed by atoms with Gasteiger partial charge in [0.05, 0.1) is 17.8 Å². The zero-order valence-electron chi connectivity index (χ0n) is 16.3. The summed E-state index contributed by atoms with van der Waals surface area (Å²) in [4.78, 5) is 19.0. The van der Waals surface area contributed by atoms with Gasteiger partial charge in [0, 0.05) is 12.2 Å². The maximum Gasteiger partial charge on any atom is 0.368 e. The van der Waals surface area contributed by atoms with E-state index < -0.39 is 6.03 Å². The molecule has 0 saturated carbocycles. The quantitative estimate of drug-likeness (QED) is 0.673. The SMILES string of the molecule is COc1cc(CNc2ccc3c(c2)=NC(=O)N=3)ccc1OCc1cccc(C)c1. The van der Waals surface area contributed by atoms with E-state index in [0.717, 1.165) is 16.8 Å². The van der Waals surface area contributed by atoms with Crippen molar-refractivity contribution < 1.29 is 14.3 Å². The van der Waals surface area contributed by atoms with Crippen LogP contribution in [0.3, 0.4) is 0 Å². The topological polar surface area (TPSA) is 72.3 Å². The van der Waals surface area contributed by atoms with Crippen LogP contribution >= 0.6 is 0 Å². The summed E-state index contributed by atoms with van der Waals surface area (Å²) in [5.41, 5.74) is 4.24. The highest BCUT2D eigenvalue weighted by Crippen LogP contribution is 2.29. The van der Waals surface area contributed by atoms with Crippen molar-refractivity contribution in [3.8, 4) is 11.5 Å². The zero-order valence-corrected chi connectivity index (χ0v) is 16.3. The summed E-state index contributed by atoms with van der Waals surface area (Å²) in [5.74, 6) is 1.39. The fraction of sp³-hybridized carbons (Fsp3) is 0.174. The molecule has 0 unspecified atom stereocenters. The van der Waals surface area contributed by atoms with Crippen molar-refractivity contribution in [3.05, 3.63) is 88.1 Å². The lowest BCUT2D eigenvalue weighted by Gasteiger charge is -2.13. The van der Waals surface area contributed by atoms with Crippen LogP contribution in [0.5, 0.6) is 11.5 Å². The van der Waals surface area contributed by atoms with E-state index in [0.29, 0.717) is 35.4 Å². The van der Waals surface area contributed by atoms with Gasteiger partial charge in [-0.25, -0.2) is 4.79 Å². The monoisotopic (exact) mass is 387 g/mol. The smallest absolute Gasteiger partial charge is 0.368 e. The van der Waals surface area contributed by atoms with E-state index in [1.807, 2.05) is 42.5 Å². The average molecular weight is 387 g/mol. The second-order valence-corrected chi connectivity index (χ2v) is 6.83. The number of methoxy groups -OCH3 is 1. The number of anilines is 1. The van der Waals surface area contributed by atoms with Crippen LogP contribution in [-0.4, -0.2) is 13.1 Å². The Morgan fingerprint density at radius 3 is 2.59 bits per heavy atom. The first-order valence-corrected chi connectivity index (χ1v) is 9.31. The number of urea groups is 1. The van der Waals surface area contributed by atoms with E-state index in [1.165, 1.54) is 5.56 Å². The molecule has 1 heterocycles. The highest BCUT2D eigenvalue weighted by Gasteiger charge is 2.08. The molecule has 1 aliphatic heterocycles. The maximum atomic E-state index is 11.3. The summed E-state index contributed by atoms with van der Waals surface area (Å²) in [6.07, 6.45) is 0. The number of nitrogens with one attached hydrogen (secondary N) is 1. The molecule has 29 heavy (non-hydrogen) atoms. The van der Waals surface area contributed by atoms with Crippen molar-refractivity contribution >= 4 is 11.7 Å². The molecule has 146 valence electrons. The van der Waals surface area contributed by atoms with E-state index in [1.54, 1.807) is 13.2 Å². The van der Waals surface area contributed by atoms with Gasteiger partial charge in [-0.05, 0) is 48.4 Å². The van der Waals surface area contributed by atoms with Gasteiger partial charge < -0.3 is 14.8 Å². The Hall–Kier alpha value is -3.67. The average Bonchev–Trinajstić information content (AvgIpc) is 3.10. The highest BCUT2D eigenvalue weighted by molar-refractivity contribution is 5.77. The molecule has 0 aromatic heterocycles. The van der Waals surface area contributed by atoms with Crippen LogP contribution in [0.4, 0.5) is 10.5 Å². The molecule has 3 aromatic rings. The lowest BCUT2D eigenvalue weighted by atomic mass is 10.1. The molecule has 2 amide bonds. The molecule has 1 aliphatic rings. The first kappa shape index (κ1) is 18.7. The predicted molar refractivity (Wildman–Crippen MR) is 110 cm³/mol. The molecule has 6 heteroatoms. The first-order valence-electron chi connectivity index (χ1n) is 9.31. The molecule has 0 fully saturated rings. The molecule has 1 N–H and O–H groups in total. The van der Waals surface area contributed by atoms with Gasteiger partial charge >= 0.3 is 6.03 Å². The van der Waals surface area contributed by atoms with Gasteiger partial charge in [0.15, 0.2) is 11.5 Å². The number of benzene rings is 3. The van der Waals surface area contributed by atoms with Gasteiger partial charge in [0.1, 0.15) is 6.61 Å². The fourth-order valence-electron chi connectivity index (χ4n) is 3.16. The number of hydrogen-bond acceptors (Lipinski definition) is 4. The number of rotatable bonds is 7. The van der Waals surface area contributed by atoms with Gasteiger partial charge in [-0.1, -0.05) is 35.9 Å². The maximum absolute atomic E-state index is 11.3. The van der Waals surface area contributed by atoms with E-state index in [4.69, 9.17) is 9.47 Å². The van der Waals surface area contributed by atoms with E-state index in [9.17, 15) is 4.79 Å². The van der Waals surface area contributed by atoms with Crippen LogP contribution in [0.15, 0.2) is 70.6 Å². The Labute approximate surface area is 168 Å². The number of carbonyl (C=O) groups excluding carboxylic acids is 1. The zero-order chi connectivity index (χ0) is 20.2. The number of carbonyl (C=O) groups is 1. The van der Waals surface area contributed by atoms with Crippen molar-refractivity contribution in [3.63, 3.8) is 0 Å². The summed E-state index contributed by atoms with van der Waals surface area (Å²) < 4.78 is 11.5. The third-order valence-corrected chi connectivity index (χ3v) is 4.61. The molecule has 3 aromatic carbocycles. The number of nitrogens with zero attached hydrogens (tertiary/aromatic N) is 2. The minimum absolute atomic E-state index is 0.455. The van der Waals surface area contributed by atoms with Crippen LogP contribution in [0.2, 0.25) is 0 Å². The van der Waals surface area contributed by atoms with Gasteiger partial charge in [0.25, 0.3) is 0 Å². The van der Waals surface area contributed by atoms with Crippen molar-refractivity contribution in [2.75, 3.05) is 12.4 Å². The number of amides is 2. The minimum Gasteiger partial charge on any atom is -0.493 e. The Morgan fingerprint density at radius 1 is 0.897 bits per heavy atom. The number of ether oxygens (including phenoxy) is 2. The van der Waals surface area contributed by atoms with Gasteiger partial charge in [0.2, 0.25) is 0 Å². The van der Waals surface area contributed by atoms with Gasteiger partial charge in [-0.3, -0.25) is 0 Å². The van der Waals surface area contributed by atoms with Crippen molar-refractivity contribution in [2.45, 2.75) is 20.1 Å². The number of fused-ring (bicyclic) bond motifs is 1. The molecule has 0 atom stereocenters. The third-order valence-electron chi connectivity index (χ3n) is 4.61. The highest BCUT2D eigenvalue weighted by atomic mass is 16.5. The summed E-state index contributed by atoms with van der Waals surface area (Å²) in [7, 11) is 1.63. The van der Waals surface area contributed by atoms with Crippen LogP contribution in [0, 0.1) is 6.92 Å². The fourth-order valence-corrected chi connectivity index (χ4v) is 3.16. The molecular weight excluding hydrogens is 366 g/mol. The molecular formula is C23H21N3O3. The molecule has 0 radical (unpaired) electrons. The molecule has 0 aliphatic carbocycles. The minimum atomic E-state index is -0.455. The summed E-state index contributed by atoms with van der Waals surface area (Å²) in [5, 5.41) is 4.53. The lowest BCUT2D eigenvalue weighted by Crippen LogP contribution is -2.21. The second kappa shape index (κ2) is 8.14. The number of aryl methyl sites for hydroxylation is 1. The predicted octanol–water partition coefficient (Wildman–Crippen LogP) is 3.57. The second-order valence-electron chi connectivity index (χ2n) is 6.83. The van der Waals surface area contributed by atoms with E-state index >= 15 is 0 Å². The molecule has 0 saturated heterocycles. The molecule has 0 bridgehead atoms. The van der Waals surface area contributed by atoms with Crippen LogP contribution < -0.4 is 25.5 Å². The Morgan fingerprint density at radius 2 is 1.76 bits per heavy atom.